The molecule has 0 bridgehead atoms. The van der Waals surface area contributed by atoms with Gasteiger partial charge in [0.2, 0.25) is 0 Å². The molecule has 0 amide bonds. The minimum absolute atomic E-state index is 0.405. The molecule has 0 aliphatic carbocycles. The molecule has 0 rings (SSSR count). The van der Waals surface area contributed by atoms with E-state index in [4.69, 9.17) is 4.43 Å². The van der Waals surface area contributed by atoms with E-state index in [1.165, 1.54) is 109 Å². The summed E-state index contributed by atoms with van der Waals surface area (Å²) in [7, 11) is -1.37. The van der Waals surface area contributed by atoms with Crippen LogP contribution >= 0.6 is 0 Å². The van der Waals surface area contributed by atoms with Gasteiger partial charge in [0.1, 0.15) is 0 Å². The Morgan fingerprint density at radius 1 is 0.560 bits per heavy atom. The largest absolute Gasteiger partial charge is 0.415 e. The number of unbranched alkanes of at least 4 members (excludes halogenated alkanes) is 15. The standard InChI is InChI=1S/C23H50OSi/c1-6-7-8-9-10-11-12-13-14-15-16-17-18-19-20-21-22-25(4,5)24-23(2)3/h23H,6-22H2,1-5H3. The molecule has 0 N–H and O–H groups in total. The predicted octanol–water partition coefficient (Wildman–Crippen LogP) is 8.88. The second kappa shape index (κ2) is 17.6. The lowest BCUT2D eigenvalue weighted by Gasteiger charge is -2.25. The van der Waals surface area contributed by atoms with Crippen molar-refractivity contribution in [2.24, 2.45) is 0 Å². The Hall–Kier alpha value is 0.177. The first-order chi connectivity index (χ1) is 12.0. The molecule has 2 heteroatoms. The molecule has 0 saturated carbocycles. The Bertz CT molecular complexity index is 263. The molecule has 25 heavy (non-hydrogen) atoms. The highest BCUT2D eigenvalue weighted by atomic mass is 28.4. The van der Waals surface area contributed by atoms with E-state index < -0.39 is 8.32 Å². The van der Waals surface area contributed by atoms with Crippen LogP contribution in [0.25, 0.3) is 0 Å². The molecule has 0 spiro atoms. The van der Waals surface area contributed by atoms with E-state index in [-0.39, 0.29) is 0 Å². The van der Waals surface area contributed by atoms with Gasteiger partial charge in [-0.3, -0.25) is 0 Å². The van der Waals surface area contributed by atoms with Crippen LogP contribution in [0, 0.1) is 0 Å². The van der Waals surface area contributed by atoms with Gasteiger partial charge in [-0.15, -0.1) is 0 Å². The molecular weight excluding hydrogens is 320 g/mol. The lowest BCUT2D eigenvalue weighted by atomic mass is 10.0. The summed E-state index contributed by atoms with van der Waals surface area (Å²) in [6.45, 7) is 11.4. The van der Waals surface area contributed by atoms with E-state index in [0.717, 1.165) is 0 Å². The van der Waals surface area contributed by atoms with Gasteiger partial charge in [-0.25, -0.2) is 0 Å². The van der Waals surface area contributed by atoms with Crippen molar-refractivity contribution in [2.45, 2.75) is 149 Å². The lowest BCUT2D eigenvalue weighted by Crippen LogP contribution is -2.33. The molecule has 0 fully saturated rings. The highest BCUT2D eigenvalue weighted by Gasteiger charge is 2.22. The second-order valence-electron chi connectivity index (χ2n) is 8.98. The van der Waals surface area contributed by atoms with E-state index in [1.54, 1.807) is 0 Å². The van der Waals surface area contributed by atoms with E-state index in [0.29, 0.717) is 6.10 Å². The first kappa shape index (κ1) is 25.2. The van der Waals surface area contributed by atoms with Gasteiger partial charge in [0.25, 0.3) is 0 Å². The summed E-state index contributed by atoms with van der Waals surface area (Å²) in [6, 6.07) is 1.34. The van der Waals surface area contributed by atoms with Crippen molar-refractivity contribution >= 4 is 8.32 Å². The fourth-order valence-electron chi connectivity index (χ4n) is 3.80. The first-order valence-corrected chi connectivity index (χ1v) is 14.8. The Labute approximate surface area is 161 Å². The van der Waals surface area contributed by atoms with Crippen molar-refractivity contribution in [2.75, 3.05) is 0 Å². The van der Waals surface area contributed by atoms with Gasteiger partial charge in [-0.05, 0) is 33.0 Å². The highest BCUT2D eigenvalue weighted by Crippen LogP contribution is 2.19. The molecule has 0 aliphatic rings. The summed E-state index contributed by atoms with van der Waals surface area (Å²) in [5, 5.41) is 0. The molecule has 1 nitrogen and oxygen atoms in total. The molecule has 0 aromatic carbocycles. The minimum atomic E-state index is -1.37. The molecule has 0 radical (unpaired) electrons. The maximum Gasteiger partial charge on any atom is 0.187 e. The first-order valence-electron chi connectivity index (χ1n) is 11.7. The van der Waals surface area contributed by atoms with Crippen LogP contribution in [-0.2, 0) is 4.43 Å². The molecule has 152 valence electrons. The Kier molecular flexibility index (Phi) is 17.7. The van der Waals surface area contributed by atoms with Gasteiger partial charge in [-0.2, -0.15) is 0 Å². The van der Waals surface area contributed by atoms with Gasteiger partial charge in [0.15, 0.2) is 8.32 Å². The smallest absolute Gasteiger partial charge is 0.187 e. The van der Waals surface area contributed by atoms with E-state index in [2.05, 4.69) is 33.9 Å². The third-order valence-electron chi connectivity index (χ3n) is 5.19. The minimum Gasteiger partial charge on any atom is -0.415 e. The lowest BCUT2D eigenvalue weighted by molar-refractivity contribution is 0.230. The number of hydrogen-bond donors (Lipinski definition) is 0. The van der Waals surface area contributed by atoms with Crippen LogP contribution in [0.5, 0.6) is 0 Å². The van der Waals surface area contributed by atoms with Gasteiger partial charge < -0.3 is 4.43 Å². The third-order valence-corrected chi connectivity index (χ3v) is 7.85. The monoisotopic (exact) mass is 370 g/mol. The number of rotatable bonds is 19. The van der Waals surface area contributed by atoms with Crippen LogP contribution in [0.1, 0.15) is 124 Å². The van der Waals surface area contributed by atoms with Crippen molar-refractivity contribution in [3.63, 3.8) is 0 Å². The zero-order valence-electron chi connectivity index (χ0n) is 18.5. The van der Waals surface area contributed by atoms with Crippen LogP contribution in [0.4, 0.5) is 0 Å². The van der Waals surface area contributed by atoms with Crippen molar-refractivity contribution in [1.82, 2.24) is 0 Å². The Morgan fingerprint density at radius 3 is 1.20 bits per heavy atom. The average Bonchev–Trinajstić information content (AvgIpc) is 2.53. The van der Waals surface area contributed by atoms with Crippen molar-refractivity contribution in [3.8, 4) is 0 Å². The summed E-state index contributed by atoms with van der Waals surface area (Å²) in [5.74, 6) is 0. The van der Waals surface area contributed by atoms with Gasteiger partial charge in [-0.1, -0.05) is 110 Å². The van der Waals surface area contributed by atoms with Crippen molar-refractivity contribution in [3.05, 3.63) is 0 Å². The van der Waals surface area contributed by atoms with Gasteiger partial charge in [0.05, 0.1) is 0 Å². The van der Waals surface area contributed by atoms with Crippen LogP contribution in [0.3, 0.4) is 0 Å². The third kappa shape index (κ3) is 20.3. The summed E-state index contributed by atoms with van der Waals surface area (Å²) in [5.41, 5.74) is 0. The molecular formula is C23H50OSi. The number of hydrogen-bond acceptors (Lipinski definition) is 1. The fraction of sp³-hybridized carbons (Fsp3) is 1.00. The predicted molar refractivity (Wildman–Crippen MR) is 118 cm³/mol. The van der Waals surface area contributed by atoms with Crippen LogP contribution < -0.4 is 0 Å². The van der Waals surface area contributed by atoms with Crippen molar-refractivity contribution in [1.29, 1.82) is 0 Å². The molecule has 0 aromatic heterocycles. The summed E-state index contributed by atoms with van der Waals surface area (Å²) in [4.78, 5) is 0. The highest BCUT2D eigenvalue weighted by molar-refractivity contribution is 6.71. The second-order valence-corrected chi connectivity index (χ2v) is 13.2. The summed E-state index contributed by atoms with van der Waals surface area (Å²) in [6.07, 6.45) is 23.6. The molecule has 0 heterocycles. The van der Waals surface area contributed by atoms with Gasteiger partial charge in [0, 0.05) is 6.10 Å². The van der Waals surface area contributed by atoms with Crippen LogP contribution in [-0.4, -0.2) is 14.4 Å². The fourth-order valence-corrected chi connectivity index (χ4v) is 6.29. The van der Waals surface area contributed by atoms with E-state index >= 15 is 0 Å². The SMILES string of the molecule is CCCCCCCCCCCCCCCCCC[Si](C)(C)OC(C)C. The summed E-state index contributed by atoms with van der Waals surface area (Å²) >= 11 is 0. The zero-order valence-corrected chi connectivity index (χ0v) is 19.5. The van der Waals surface area contributed by atoms with Crippen LogP contribution in [0.2, 0.25) is 19.1 Å². The molecule has 0 unspecified atom stereocenters. The maximum absolute atomic E-state index is 6.10. The quantitative estimate of drug-likeness (QED) is 0.163. The molecule has 0 aromatic rings. The zero-order chi connectivity index (χ0) is 18.8. The Morgan fingerprint density at radius 2 is 0.880 bits per heavy atom. The van der Waals surface area contributed by atoms with Crippen molar-refractivity contribution < 1.29 is 4.43 Å². The average molecular weight is 371 g/mol. The Balaban J connectivity index is 3.17. The van der Waals surface area contributed by atoms with E-state index in [1.807, 2.05) is 0 Å². The summed E-state index contributed by atoms with van der Waals surface area (Å²) < 4.78 is 6.10. The molecule has 0 aliphatic heterocycles. The topological polar surface area (TPSA) is 9.23 Å². The van der Waals surface area contributed by atoms with E-state index in [9.17, 15) is 0 Å². The maximum atomic E-state index is 6.10. The molecule has 0 atom stereocenters. The van der Waals surface area contributed by atoms with Gasteiger partial charge >= 0.3 is 0 Å². The normalized spacial score (nSPS) is 12.2. The van der Waals surface area contributed by atoms with Crippen LogP contribution in [0.15, 0.2) is 0 Å². The molecule has 0 saturated heterocycles.